The molecule has 0 atom stereocenters. The number of halogens is 1. The fraction of sp³-hybridized carbons (Fsp3) is 0. The molecule has 15 heavy (non-hydrogen) atoms. The molecule has 0 radical (unpaired) electrons. The number of nitrogens with zero attached hydrogens (tertiary/aromatic N) is 2. The molecule has 0 aromatic heterocycles. The number of benzene rings is 1. The van der Waals surface area contributed by atoms with Crippen molar-refractivity contribution in [2.24, 2.45) is 5.84 Å². The normalized spacial score (nSPS) is 8.07. The average molecular weight is 214 g/mol. The van der Waals surface area contributed by atoms with Crippen molar-refractivity contribution in [3.8, 4) is 6.07 Å². The maximum atomic E-state index is 12.7. The molecule has 0 bridgehead atoms. The van der Waals surface area contributed by atoms with Crippen molar-refractivity contribution in [1.82, 2.24) is 0 Å². The van der Waals surface area contributed by atoms with E-state index in [1.807, 2.05) is 6.07 Å². The van der Waals surface area contributed by atoms with E-state index in [2.05, 4.69) is 5.43 Å². The highest BCUT2D eigenvalue weighted by atomic mass is 19.1. The number of anilines is 1. The van der Waals surface area contributed by atoms with E-state index in [1.54, 1.807) is 0 Å². The third kappa shape index (κ3) is 5.02. The average Bonchev–Trinajstić information content (AvgIpc) is 2.16. The number of rotatable bonds is 1. The predicted octanol–water partition coefficient (Wildman–Crippen LogP) is 0.635. The summed E-state index contributed by atoms with van der Waals surface area (Å²) in [5.41, 5.74) is 2.63. The van der Waals surface area contributed by atoms with Crippen LogP contribution < -0.4 is 11.3 Å². The van der Waals surface area contributed by atoms with Crippen LogP contribution in [-0.4, -0.2) is 10.3 Å². The van der Waals surface area contributed by atoms with Crippen LogP contribution in [0.1, 0.15) is 5.56 Å². The minimum Gasteiger partial charge on any atom is -0.328 e. The first kappa shape index (κ1) is 12.6. The van der Waals surface area contributed by atoms with Crippen molar-refractivity contribution in [1.29, 1.82) is 5.26 Å². The van der Waals surface area contributed by atoms with Gasteiger partial charge in [0.2, 0.25) is 0 Å². The quantitative estimate of drug-likeness (QED) is 0.357. The second-order valence-electron chi connectivity index (χ2n) is 2.19. The van der Waals surface area contributed by atoms with Gasteiger partial charge in [0, 0.05) is 0 Å². The molecule has 0 heterocycles. The Bertz CT molecular complexity index is 386. The zero-order chi connectivity index (χ0) is 11.8. The largest absolute Gasteiger partial charge is 0.328 e. The van der Waals surface area contributed by atoms with Gasteiger partial charge in [-0.1, -0.05) is 0 Å². The van der Waals surface area contributed by atoms with Gasteiger partial charge in [-0.3, -0.25) is 5.84 Å². The summed E-state index contributed by atoms with van der Waals surface area (Å²) in [5, 5.41) is 22.0. The van der Waals surface area contributed by atoms with E-state index in [4.69, 9.17) is 26.4 Å². The van der Waals surface area contributed by atoms with E-state index in [0.717, 1.165) is 6.07 Å². The standard InChI is InChI=1S/C7H6FN3.HNO3/c8-6-3-5(4-9)1-2-7(6)11-10;2-1(3)4/h1-3,11H,10H2;(H,2,3,4). The minimum atomic E-state index is -1.50. The number of hydrogen-bond acceptors (Lipinski definition) is 5. The zero-order valence-corrected chi connectivity index (χ0v) is 7.35. The molecule has 1 aromatic carbocycles. The van der Waals surface area contributed by atoms with Gasteiger partial charge in [-0.05, 0) is 18.2 Å². The molecule has 0 spiro atoms. The molecule has 4 N–H and O–H groups in total. The Morgan fingerprint density at radius 2 is 2.20 bits per heavy atom. The van der Waals surface area contributed by atoms with Crippen molar-refractivity contribution in [2.75, 3.05) is 5.43 Å². The maximum absolute atomic E-state index is 12.7. The molecule has 1 aromatic rings. The van der Waals surface area contributed by atoms with E-state index in [9.17, 15) is 4.39 Å². The van der Waals surface area contributed by atoms with E-state index >= 15 is 0 Å². The summed E-state index contributed by atoms with van der Waals surface area (Å²) in [7, 11) is 0. The SMILES string of the molecule is N#Cc1ccc(NN)c(F)c1.O=[N+]([O-])O. The van der Waals surface area contributed by atoms with Crippen LogP contribution in [0.5, 0.6) is 0 Å². The third-order valence-corrected chi connectivity index (χ3v) is 1.25. The van der Waals surface area contributed by atoms with E-state index < -0.39 is 10.9 Å². The molecule has 0 fully saturated rings. The topological polar surface area (TPSA) is 125 Å². The number of nitrogens with one attached hydrogen (secondary N) is 1. The Morgan fingerprint density at radius 1 is 1.67 bits per heavy atom. The van der Waals surface area contributed by atoms with Gasteiger partial charge < -0.3 is 10.6 Å². The Balaban J connectivity index is 0.000000423. The number of nitriles is 1. The van der Waals surface area contributed by atoms with Crippen LogP contribution in [0.4, 0.5) is 10.1 Å². The molecule has 0 aliphatic carbocycles. The number of nitrogen functional groups attached to an aromatic ring is 1. The molecule has 0 aliphatic rings. The first-order valence-corrected chi connectivity index (χ1v) is 3.50. The fourth-order valence-electron chi connectivity index (χ4n) is 0.702. The van der Waals surface area contributed by atoms with Gasteiger partial charge in [-0.25, -0.2) is 4.39 Å². The van der Waals surface area contributed by atoms with Gasteiger partial charge in [0.1, 0.15) is 5.82 Å². The number of nitrogens with two attached hydrogens (primary N) is 1. The summed E-state index contributed by atoms with van der Waals surface area (Å²) in [6.07, 6.45) is 0. The first-order chi connectivity index (χ1) is 7.01. The molecular formula is C7H7FN4O3. The van der Waals surface area contributed by atoms with Gasteiger partial charge in [-0.15, -0.1) is 10.1 Å². The summed E-state index contributed by atoms with van der Waals surface area (Å²) in [5.74, 6) is 4.45. The molecule has 0 aliphatic heterocycles. The Labute approximate surface area is 83.6 Å². The molecule has 7 nitrogen and oxygen atoms in total. The number of hydrazine groups is 1. The minimum absolute atomic E-state index is 0.184. The molecular weight excluding hydrogens is 207 g/mol. The lowest BCUT2D eigenvalue weighted by Gasteiger charge is -1.99. The smallest absolute Gasteiger partial charge is 0.291 e. The lowest BCUT2D eigenvalue weighted by atomic mass is 10.2. The molecule has 1 rings (SSSR count). The van der Waals surface area contributed by atoms with Gasteiger partial charge >= 0.3 is 0 Å². The summed E-state index contributed by atoms with van der Waals surface area (Å²) in [6.45, 7) is 0. The Morgan fingerprint density at radius 3 is 2.53 bits per heavy atom. The predicted molar refractivity (Wildman–Crippen MR) is 47.7 cm³/mol. The van der Waals surface area contributed by atoms with Crippen molar-refractivity contribution in [3.63, 3.8) is 0 Å². The van der Waals surface area contributed by atoms with E-state index in [-0.39, 0.29) is 11.3 Å². The van der Waals surface area contributed by atoms with Crippen LogP contribution in [0.2, 0.25) is 0 Å². The van der Waals surface area contributed by atoms with Crippen LogP contribution in [0.3, 0.4) is 0 Å². The molecule has 0 saturated carbocycles. The number of hydrogen-bond donors (Lipinski definition) is 3. The van der Waals surface area contributed by atoms with Crippen molar-refractivity contribution < 1.29 is 14.7 Å². The van der Waals surface area contributed by atoms with Gasteiger partial charge in [0.25, 0.3) is 5.09 Å². The van der Waals surface area contributed by atoms with Crippen LogP contribution in [-0.2, 0) is 0 Å². The highest BCUT2D eigenvalue weighted by molar-refractivity contribution is 5.47. The summed E-state index contributed by atoms with van der Waals surface area (Å²) in [4.78, 5) is 8.36. The Hall–Kier alpha value is -2.40. The molecule has 0 unspecified atom stereocenters. The summed E-state index contributed by atoms with van der Waals surface area (Å²) >= 11 is 0. The lowest BCUT2D eigenvalue weighted by Crippen LogP contribution is -2.08. The third-order valence-electron chi connectivity index (χ3n) is 1.25. The Kier molecular flexibility index (Phi) is 5.14. The monoisotopic (exact) mass is 214 g/mol. The highest BCUT2D eigenvalue weighted by Crippen LogP contribution is 2.13. The van der Waals surface area contributed by atoms with Gasteiger partial charge in [0.15, 0.2) is 0 Å². The molecule has 0 amide bonds. The second kappa shape index (κ2) is 6.11. The molecule has 0 saturated heterocycles. The summed E-state index contributed by atoms with van der Waals surface area (Å²) < 4.78 is 12.7. The summed E-state index contributed by atoms with van der Waals surface area (Å²) in [6, 6.07) is 5.83. The van der Waals surface area contributed by atoms with Gasteiger partial charge in [0.05, 0.1) is 17.3 Å². The molecule has 8 heteroatoms. The van der Waals surface area contributed by atoms with Crippen LogP contribution >= 0.6 is 0 Å². The van der Waals surface area contributed by atoms with Crippen LogP contribution in [0, 0.1) is 27.3 Å². The van der Waals surface area contributed by atoms with Crippen molar-refractivity contribution in [3.05, 3.63) is 39.7 Å². The lowest BCUT2D eigenvalue weighted by molar-refractivity contribution is -0.742. The van der Waals surface area contributed by atoms with E-state index in [0.29, 0.717) is 0 Å². The highest BCUT2D eigenvalue weighted by Gasteiger charge is 1.99. The van der Waals surface area contributed by atoms with E-state index in [1.165, 1.54) is 12.1 Å². The zero-order valence-electron chi connectivity index (χ0n) is 7.35. The maximum Gasteiger partial charge on any atom is 0.291 e. The van der Waals surface area contributed by atoms with Crippen molar-refractivity contribution in [2.45, 2.75) is 0 Å². The van der Waals surface area contributed by atoms with Gasteiger partial charge in [-0.2, -0.15) is 5.26 Å². The fourth-order valence-corrected chi connectivity index (χ4v) is 0.702. The van der Waals surface area contributed by atoms with Crippen molar-refractivity contribution >= 4 is 5.69 Å². The first-order valence-electron chi connectivity index (χ1n) is 3.50. The van der Waals surface area contributed by atoms with Crippen LogP contribution in [0.25, 0.3) is 0 Å². The second-order valence-corrected chi connectivity index (χ2v) is 2.19. The van der Waals surface area contributed by atoms with Crippen LogP contribution in [0.15, 0.2) is 18.2 Å². The molecule has 80 valence electrons.